The van der Waals surface area contributed by atoms with Gasteiger partial charge in [-0.05, 0) is 20.8 Å². The third-order valence-electron chi connectivity index (χ3n) is 2.58. The van der Waals surface area contributed by atoms with Gasteiger partial charge in [0.05, 0.1) is 17.9 Å². The molecule has 0 saturated heterocycles. The summed E-state index contributed by atoms with van der Waals surface area (Å²) in [6.45, 7) is 5.63. The molecule has 0 bridgehead atoms. The first-order valence-electron chi connectivity index (χ1n) is 5.18. The molecular weight excluding hydrogens is 222 g/mol. The molecule has 0 amide bonds. The van der Waals surface area contributed by atoms with E-state index in [9.17, 15) is 4.79 Å². The van der Waals surface area contributed by atoms with Crippen LogP contribution in [0, 0.1) is 20.8 Å². The van der Waals surface area contributed by atoms with Crippen molar-refractivity contribution in [3.8, 4) is 0 Å². The van der Waals surface area contributed by atoms with E-state index in [1.165, 1.54) is 0 Å². The maximum absolute atomic E-state index is 11.0. The van der Waals surface area contributed by atoms with Crippen molar-refractivity contribution in [2.75, 3.05) is 0 Å². The number of carbonyl (C=O) groups is 1. The molecule has 0 saturated carbocycles. The van der Waals surface area contributed by atoms with Crippen LogP contribution in [0.15, 0.2) is 10.6 Å². The minimum Gasteiger partial charge on any atom is -0.478 e. The summed E-state index contributed by atoms with van der Waals surface area (Å²) in [6.07, 6.45) is 0. The quantitative estimate of drug-likeness (QED) is 0.872. The molecule has 1 N–H and O–H groups in total. The average Bonchev–Trinajstić information content (AvgIpc) is 2.73. The van der Waals surface area contributed by atoms with Crippen LogP contribution in [0.3, 0.4) is 0 Å². The van der Waals surface area contributed by atoms with Gasteiger partial charge in [-0.25, -0.2) is 4.79 Å². The number of aryl methyl sites for hydroxylation is 2. The van der Waals surface area contributed by atoms with Gasteiger partial charge < -0.3 is 9.63 Å². The number of carboxylic acids is 1. The van der Waals surface area contributed by atoms with E-state index in [-0.39, 0.29) is 5.56 Å². The van der Waals surface area contributed by atoms with Crippen molar-refractivity contribution < 1.29 is 14.4 Å². The van der Waals surface area contributed by atoms with Crippen LogP contribution in [0.2, 0.25) is 0 Å². The Morgan fingerprint density at radius 1 is 1.47 bits per heavy atom. The van der Waals surface area contributed by atoms with Gasteiger partial charge in [0.2, 0.25) is 0 Å². The maximum Gasteiger partial charge on any atom is 0.339 e. The average molecular weight is 235 g/mol. The second-order valence-corrected chi connectivity index (χ2v) is 3.94. The summed E-state index contributed by atoms with van der Waals surface area (Å²) in [7, 11) is 0. The van der Waals surface area contributed by atoms with E-state index < -0.39 is 5.97 Å². The van der Waals surface area contributed by atoms with Crippen LogP contribution in [0.4, 0.5) is 0 Å². The first-order valence-corrected chi connectivity index (χ1v) is 5.18. The van der Waals surface area contributed by atoms with E-state index >= 15 is 0 Å². The molecule has 0 radical (unpaired) electrons. The maximum atomic E-state index is 11.0. The van der Waals surface area contributed by atoms with Gasteiger partial charge in [0.1, 0.15) is 17.0 Å². The van der Waals surface area contributed by atoms with Crippen molar-refractivity contribution in [2.45, 2.75) is 27.3 Å². The van der Waals surface area contributed by atoms with Gasteiger partial charge in [-0.15, -0.1) is 0 Å². The van der Waals surface area contributed by atoms with Crippen molar-refractivity contribution >= 4 is 5.97 Å². The van der Waals surface area contributed by atoms with Gasteiger partial charge in [-0.2, -0.15) is 5.10 Å². The standard InChI is InChI=1S/C11H13N3O3/c1-6-4-9(13-17-6)5-14-8(3)10(11(15)16)7(2)12-14/h4H,5H2,1-3H3,(H,15,16). The normalized spacial score (nSPS) is 10.8. The Kier molecular flexibility index (Phi) is 2.71. The van der Waals surface area contributed by atoms with Crippen molar-refractivity contribution in [1.82, 2.24) is 14.9 Å². The SMILES string of the molecule is Cc1cc(Cn2nc(C)c(C(=O)O)c2C)no1. The van der Waals surface area contributed by atoms with Crippen LogP contribution in [0.1, 0.15) is 33.2 Å². The van der Waals surface area contributed by atoms with Gasteiger partial charge in [0.25, 0.3) is 0 Å². The fourth-order valence-corrected chi connectivity index (χ4v) is 1.81. The highest BCUT2D eigenvalue weighted by Gasteiger charge is 2.18. The van der Waals surface area contributed by atoms with Crippen LogP contribution in [0.25, 0.3) is 0 Å². The topological polar surface area (TPSA) is 81.2 Å². The van der Waals surface area contributed by atoms with Crippen LogP contribution in [-0.2, 0) is 6.54 Å². The Morgan fingerprint density at radius 3 is 2.65 bits per heavy atom. The summed E-state index contributed by atoms with van der Waals surface area (Å²) in [5, 5.41) is 17.1. The van der Waals surface area contributed by atoms with Crippen LogP contribution >= 0.6 is 0 Å². The molecule has 0 aliphatic rings. The van der Waals surface area contributed by atoms with Gasteiger partial charge in [0.15, 0.2) is 0 Å². The third-order valence-corrected chi connectivity index (χ3v) is 2.58. The minimum atomic E-state index is -0.956. The molecule has 0 fully saturated rings. The lowest BCUT2D eigenvalue weighted by atomic mass is 10.2. The van der Waals surface area contributed by atoms with Crippen molar-refractivity contribution in [1.29, 1.82) is 0 Å². The van der Waals surface area contributed by atoms with E-state index in [1.807, 2.05) is 0 Å². The molecule has 2 aromatic rings. The van der Waals surface area contributed by atoms with Crippen molar-refractivity contribution in [3.05, 3.63) is 34.5 Å². The molecule has 0 unspecified atom stereocenters. The van der Waals surface area contributed by atoms with E-state index in [0.717, 1.165) is 11.5 Å². The molecular formula is C11H13N3O3. The van der Waals surface area contributed by atoms with E-state index in [2.05, 4.69) is 10.3 Å². The predicted molar refractivity (Wildman–Crippen MR) is 59.0 cm³/mol. The Morgan fingerprint density at radius 2 is 2.18 bits per heavy atom. The summed E-state index contributed by atoms with van der Waals surface area (Å²) in [6, 6.07) is 1.80. The predicted octanol–water partition coefficient (Wildman–Crippen LogP) is 1.54. The molecule has 2 heterocycles. The van der Waals surface area contributed by atoms with Gasteiger partial charge in [0, 0.05) is 6.07 Å². The molecule has 0 atom stereocenters. The summed E-state index contributed by atoms with van der Waals surface area (Å²) in [5.74, 6) is -0.234. The minimum absolute atomic E-state index is 0.255. The fraction of sp³-hybridized carbons (Fsp3) is 0.364. The summed E-state index contributed by atoms with van der Waals surface area (Å²) in [5.41, 5.74) is 2.11. The zero-order chi connectivity index (χ0) is 12.6. The Balaban J connectivity index is 2.34. The number of hydrogen-bond donors (Lipinski definition) is 1. The molecule has 90 valence electrons. The zero-order valence-corrected chi connectivity index (χ0v) is 9.89. The number of carboxylic acid groups (broad SMARTS) is 1. The van der Waals surface area contributed by atoms with E-state index in [4.69, 9.17) is 9.63 Å². The van der Waals surface area contributed by atoms with Crippen molar-refractivity contribution in [3.63, 3.8) is 0 Å². The lowest BCUT2D eigenvalue weighted by Gasteiger charge is -2.00. The van der Waals surface area contributed by atoms with Gasteiger partial charge >= 0.3 is 5.97 Å². The molecule has 0 spiro atoms. The molecule has 0 aliphatic carbocycles. The number of nitrogens with zero attached hydrogens (tertiary/aromatic N) is 3. The highest BCUT2D eigenvalue weighted by molar-refractivity contribution is 5.90. The lowest BCUT2D eigenvalue weighted by molar-refractivity contribution is 0.0695. The Bertz CT molecular complexity index is 569. The van der Waals surface area contributed by atoms with Gasteiger partial charge in [-0.3, -0.25) is 4.68 Å². The molecule has 6 heteroatoms. The van der Waals surface area contributed by atoms with E-state index in [0.29, 0.717) is 17.9 Å². The largest absolute Gasteiger partial charge is 0.478 e. The van der Waals surface area contributed by atoms with Crippen LogP contribution in [-0.4, -0.2) is 26.0 Å². The smallest absolute Gasteiger partial charge is 0.339 e. The first kappa shape index (κ1) is 11.4. The lowest BCUT2D eigenvalue weighted by Crippen LogP contribution is -2.06. The van der Waals surface area contributed by atoms with Crippen LogP contribution < -0.4 is 0 Å². The van der Waals surface area contributed by atoms with Crippen molar-refractivity contribution in [2.24, 2.45) is 0 Å². The first-order chi connectivity index (χ1) is 7.99. The summed E-state index contributed by atoms with van der Waals surface area (Å²) in [4.78, 5) is 11.0. The van der Waals surface area contributed by atoms with Gasteiger partial charge in [-0.1, -0.05) is 5.16 Å². The highest BCUT2D eigenvalue weighted by atomic mass is 16.5. The fourth-order valence-electron chi connectivity index (χ4n) is 1.81. The number of rotatable bonds is 3. The van der Waals surface area contributed by atoms with Crippen LogP contribution in [0.5, 0.6) is 0 Å². The number of hydrogen-bond acceptors (Lipinski definition) is 4. The van der Waals surface area contributed by atoms with E-state index in [1.54, 1.807) is 31.5 Å². The highest BCUT2D eigenvalue weighted by Crippen LogP contribution is 2.14. The molecule has 6 nitrogen and oxygen atoms in total. The second-order valence-electron chi connectivity index (χ2n) is 3.94. The molecule has 0 aromatic carbocycles. The molecule has 0 aliphatic heterocycles. The molecule has 2 rings (SSSR count). The number of aromatic nitrogens is 3. The summed E-state index contributed by atoms with van der Waals surface area (Å²) >= 11 is 0. The zero-order valence-electron chi connectivity index (χ0n) is 9.89. The number of aromatic carboxylic acids is 1. The Labute approximate surface area is 97.8 Å². The molecule has 17 heavy (non-hydrogen) atoms. The summed E-state index contributed by atoms with van der Waals surface area (Å²) < 4.78 is 6.57. The second kappa shape index (κ2) is 4.04. The molecule has 2 aromatic heterocycles. The monoisotopic (exact) mass is 235 g/mol. The Hall–Kier alpha value is -2.11. The third kappa shape index (κ3) is 2.06.